The van der Waals surface area contributed by atoms with Crippen molar-refractivity contribution in [1.82, 2.24) is 4.98 Å². The number of alkyl halides is 1. The van der Waals surface area contributed by atoms with E-state index in [4.69, 9.17) is 16.9 Å². The van der Waals surface area contributed by atoms with Crippen LogP contribution in [0.15, 0.2) is 18.3 Å². The quantitative estimate of drug-likeness (QED) is 0.751. The van der Waals surface area contributed by atoms with Gasteiger partial charge in [-0.25, -0.2) is 4.98 Å². The number of hydrogen-bond acceptors (Lipinski definition) is 3. The molecule has 1 heterocycles. The molecule has 0 spiro atoms. The van der Waals surface area contributed by atoms with E-state index in [2.05, 4.69) is 10.3 Å². The summed E-state index contributed by atoms with van der Waals surface area (Å²) in [6.07, 6.45) is 1.63. The minimum absolute atomic E-state index is 0.205. The number of anilines is 1. The molecule has 0 saturated carbocycles. The fourth-order valence-electron chi connectivity index (χ4n) is 0.868. The first kappa shape index (κ1) is 9.82. The smallest absolute Gasteiger partial charge is 0.140 e. The van der Waals surface area contributed by atoms with Crippen molar-refractivity contribution in [3.63, 3.8) is 0 Å². The number of nitrogens with one attached hydrogen (secondary N) is 1. The Bertz CT molecular complexity index is 302. The van der Waals surface area contributed by atoms with E-state index >= 15 is 0 Å². The molecule has 1 aromatic rings. The molecule has 1 atom stereocenters. The van der Waals surface area contributed by atoms with Gasteiger partial charge in [0.15, 0.2) is 0 Å². The number of rotatable bonds is 3. The molecular weight excluding hydrogens is 186 g/mol. The SMILES string of the molecule is CC(CCl)Nc1ccc(C#N)nc1. The lowest BCUT2D eigenvalue weighted by molar-refractivity contribution is 0.905. The van der Waals surface area contributed by atoms with Crippen LogP contribution in [0.2, 0.25) is 0 Å². The van der Waals surface area contributed by atoms with Crippen LogP contribution in [0.5, 0.6) is 0 Å². The summed E-state index contributed by atoms with van der Waals surface area (Å²) in [7, 11) is 0. The molecule has 0 amide bonds. The fraction of sp³-hybridized carbons (Fsp3) is 0.333. The van der Waals surface area contributed by atoms with E-state index in [1.54, 1.807) is 12.3 Å². The van der Waals surface area contributed by atoms with Gasteiger partial charge in [-0.15, -0.1) is 11.6 Å². The minimum atomic E-state index is 0.205. The lowest BCUT2D eigenvalue weighted by Crippen LogP contribution is -2.16. The standard InChI is InChI=1S/C9H10ClN3/c1-7(4-10)13-9-3-2-8(5-11)12-6-9/h2-3,6-7,13H,4H2,1H3. The maximum atomic E-state index is 8.50. The molecule has 13 heavy (non-hydrogen) atoms. The van der Waals surface area contributed by atoms with Crippen LogP contribution >= 0.6 is 11.6 Å². The van der Waals surface area contributed by atoms with Gasteiger partial charge >= 0.3 is 0 Å². The second-order valence-electron chi connectivity index (χ2n) is 2.74. The Morgan fingerprint density at radius 3 is 2.92 bits per heavy atom. The van der Waals surface area contributed by atoms with Gasteiger partial charge in [0.25, 0.3) is 0 Å². The summed E-state index contributed by atoms with van der Waals surface area (Å²) in [4.78, 5) is 3.92. The summed E-state index contributed by atoms with van der Waals surface area (Å²) in [5.41, 5.74) is 1.30. The Morgan fingerprint density at radius 1 is 1.69 bits per heavy atom. The Kier molecular flexibility index (Phi) is 3.53. The molecule has 0 saturated heterocycles. The monoisotopic (exact) mass is 195 g/mol. The molecule has 3 nitrogen and oxygen atoms in total. The molecule has 1 N–H and O–H groups in total. The van der Waals surface area contributed by atoms with Crippen LogP contribution in [0.25, 0.3) is 0 Å². The van der Waals surface area contributed by atoms with Crippen LogP contribution in [0, 0.1) is 11.3 Å². The second-order valence-corrected chi connectivity index (χ2v) is 3.05. The summed E-state index contributed by atoms with van der Waals surface area (Å²) in [6.45, 7) is 1.98. The van der Waals surface area contributed by atoms with Crippen LogP contribution in [0.1, 0.15) is 12.6 Å². The summed E-state index contributed by atoms with van der Waals surface area (Å²) < 4.78 is 0. The van der Waals surface area contributed by atoms with Crippen molar-refractivity contribution in [2.24, 2.45) is 0 Å². The van der Waals surface area contributed by atoms with E-state index in [1.165, 1.54) is 0 Å². The van der Waals surface area contributed by atoms with Crippen molar-refractivity contribution in [2.45, 2.75) is 13.0 Å². The predicted molar refractivity (Wildman–Crippen MR) is 52.8 cm³/mol. The van der Waals surface area contributed by atoms with E-state index < -0.39 is 0 Å². The molecule has 1 rings (SSSR count). The first-order valence-corrected chi connectivity index (χ1v) is 4.48. The highest BCUT2D eigenvalue weighted by atomic mass is 35.5. The van der Waals surface area contributed by atoms with Crippen molar-refractivity contribution < 1.29 is 0 Å². The van der Waals surface area contributed by atoms with Gasteiger partial charge in [0, 0.05) is 11.9 Å². The molecule has 0 bridgehead atoms. The van der Waals surface area contributed by atoms with Crippen molar-refractivity contribution >= 4 is 17.3 Å². The highest BCUT2D eigenvalue weighted by molar-refractivity contribution is 6.18. The third-order valence-electron chi connectivity index (χ3n) is 1.52. The number of nitrogens with zero attached hydrogens (tertiary/aromatic N) is 2. The molecule has 0 aliphatic rings. The first-order valence-electron chi connectivity index (χ1n) is 3.95. The lowest BCUT2D eigenvalue weighted by Gasteiger charge is -2.10. The zero-order valence-corrected chi connectivity index (χ0v) is 8.04. The van der Waals surface area contributed by atoms with Gasteiger partial charge in [0.1, 0.15) is 11.8 Å². The van der Waals surface area contributed by atoms with E-state index in [-0.39, 0.29) is 6.04 Å². The lowest BCUT2D eigenvalue weighted by atomic mass is 10.3. The Hall–Kier alpha value is -1.27. The average molecular weight is 196 g/mol. The number of halogens is 1. The van der Waals surface area contributed by atoms with E-state index in [9.17, 15) is 0 Å². The Morgan fingerprint density at radius 2 is 2.46 bits per heavy atom. The number of pyridine rings is 1. The number of nitriles is 1. The average Bonchev–Trinajstić information content (AvgIpc) is 2.19. The van der Waals surface area contributed by atoms with Crippen molar-refractivity contribution in [3.8, 4) is 6.07 Å². The summed E-state index contributed by atoms with van der Waals surface area (Å²) in [6, 6.07) is 5.65. The van der Waals surface area contributed by atoms with Crippen molar-refractivity contribution in [3.05, 3.63) is 24.0 Å². The van der Waals surface area contributed by atoms with Gasteiger partial charge < -0.3 is 5.32 Å². The number of aromatic nitrogens is 1. The maximum absolute atomic E-state index is 8.50. The topological polar surface area (TPSA) is 48.7 Å². The normalized spacial score (nSPS) is 11.8. The summed E-state index contributed by atoms with van der Waals surface area (Å²) >= 11 is 5.63. The molecule has 4 heteroatoms. The van der Waals surface area contributed by atoms with Gasteiger partial charge in [-0.05, 0) is 19.1 Å². The maximum Gasteiger partial charge on any atom is 0.140 e. The molecule has 1 unspecified atom stereocenters. The molecule has 0 aliphatic carbocycles. The van der Waals surface area contributed by atoms with E-state index in [0.29, 0.717) is 11.6 Å². The van der Waals surface area contributed by atoms with E-state index in [0.717, 1.165) is 5.69 Å². The van der Waals surface area contributed by atoms with Gasteiger partial charge in [0.2, 0.25) is 0 Å². The third-order valence-corrected chi connectivity index (χ3v) is 1.99. The number of hydrogen-bond donors (Lipinski definition) is 1. The van der Waals surface area contributed by atoms with Gasteiger partial charge in [-0.2, -0.15) is 5.26 Å². The second kappa shape index (κ2) is 4.68. The van der Waals surface area contributed by atoms with Crippen molar-refractivity contribution in [1.29, 1.82) is 5.26 Å². The summed E-state index contributed by atoms with van der Waals surface area (Å²) in [5.74, 6) is 0.542. The zero-order valence-electron chi connectivity index (χ0n) is 7.29. The van der Waals surface area contributed by atoms with Gasteiger partial charge in [0.05, 0.1) is 11.9 Å². The van der Waals surface area contributed by atoms with Crippen LogP contribution < -0.4 is 5.32 Å². The largest absolute Gasteiger partial charge is 0.380 e. The fourth-order valence-corrected chi connectivity index (χ4v) is 0.946. The van der Waals surface area contributed by atoms with Crippen LogP contribution in [-0.2, 0) is 0 Å². The molecule has 0 aliphatic heterocycles. The molecule has 1 aromatic heterocycles. The summed E-state index contributed by atoms with van der Waals surface area (Å²) in [5, 5.41) is 11.6. The van der Waals surface area contributed by atoms with Crippen molar-refractivity contribution in [2.75, 3.05) is 11.2 Å². The molecule has 0 aromatic carbocycles. The molecule has 0 fully saturated rings. The van der Waals surface area contributed by atoms with Gasteiger partial charge in [-0.3, -0.25) is 0 Å². The van der Waals surface area contributed by atoms with Crippen LogP contribution in [0.4, 0.5) is 5.69 Å². The van der Waals surface area contributed by atoms with Crippen LogP contribution in [-0.4, -0.2) is 16.9 Å². The predicted octanol–water partition coefficient (Wildman–Crippen LogP) is 1.99. The molecular formula is C9H10ClN3. The molecule has 0 radical (unpaired) electrons. The zero-order chi connectivity index (χ0) is 9.68. The third kappa shape index (κ3) is 2.92. The van der Waals surface area contributed by atoms with Gasteiger partial charge in [-0.1, -0.05) is 0 Å². The minimum Gasteiger partial charge on any atom is -0.380 e. The Labute approximate surface area is 82.4 Å². The first-order chi connectivity index (χ1) is 6.26. The highest BCUT2D eigenvalue weighted by Gasteiger charge is 1.99. The van der Waals surface area contributed by atoms with Crippen LogP contribution in [0.3, 0.4) is 0 Å². The highest BCUT2D eigenvalue weighted by Crippen LogP contribution is 2.07. The molecule has 68 valence electrons. The Balaban J connectivity index is 2.65. The van der Waals surface area contributed by atoms with E-state index in [1.807, 2.05) is 19.1 Å².